The molecule has 0 bridgehead atoms. The smallest absolute Gasteiger partial charge is 0.408 e. The van der Waals surface area contributed by atoms with Crippen molar-refractivity contribution in [3.8, 4) is 0 Å². The van der Waals surface area contributed by atoms with Gasteiger partial charge in [-0.05, 0) is 24.5 Å². The number of methoxy groups -OCH3 is 1. The van der Waals surface area contributed by atoms with Gasteiger partial charge in [-0.1, -0.05) is 66.2 Å². The van der Waals surface area contributed by atoms with Crippen LogP contribution in [0.2, 0.25) is 0 Å². The van der Waals surface area contributed by atoms with Crippen LogP contribution in [0.5, 0.6) is 0 Å². The van der Waals surface area contributed by atoms with E-state index >= 15 is 0 Å². The minimum absolute atomic E-state index is 0.0762. The summed E-state index contributed by atoms with van der Waals surface area (Å²) in [7, 11) is 1.25. The number of esters is 1. The first kappa shape index (κ1) is 23.7. The molecule has 2 atom stereocenters. The maximum Gasteiger partial charge on any atom is 0.408 e. The molecule has 7 heteroatoms. The maximum absolute atomic E-state index is 13.0. The Bertz CT molecular complexity index is 883. The third-order valence-electron chi connectivity index (χ3n) is 4.46. The lowest BCUT2D eigenvalue weighted by molar-refractivity contribution is -0.145. The van der Waals surface area contributed by atoms with E-state index in [9.17, 15) is 14.4 Å². The third-order valence-corrected chi connectivity index (χ3v) is 4.46. The van der Waals surface area contributed by atoms with Crippen molar-refractivity contribution in [1.82, 2.24) is 10.6 Å². The Kier molecular flexibility index (Phi) is 9.29. The average molecular weight is 424 g/mol. The van der Waals surface area contributed by atoms with Gasteiger partial charge in [-0.15, -0.1) is 6.58 Å². The molecule has 0 saturated heterocycles. The molecule has 0 aliphatic rings. The first-order valence-corrected chi connectivity index (χ1v) is 9.92. The monoisotopic (exact) mass is 424 g/mol. The van der Waals surface area contributed by atoms with Crippen LogP contribution in [0.25, 0.3) is 0 Å². The maximum atomic E-state index is 13.0. The van der Waals surface area contributed by atoms with Crippen molar-refractivity contribution < 1.29 is 23.9 Å². The van der Waals surface area contributed by atoms with Crippen molar-refractivity contribution in [2.45, 2.75) is 38.5 Å². The summed E-state index contributed by atoms with van der Waals surface area (Å²) in [5.41, 5.74) is 2.39. The molecule has 2 aromatic carbocycles. The van der Waals surface area contributed by atoms with Gasteiger partial charge in [0.25, 0.3) is 0 Å². The van der Waals surface area contributed by atoms with Crippen molar-refractivity contribution in [2.75, 3.05) is 7.11 Å². The van der Waals surface area contributed by atoms with Crippen LogP contribution in [-0.4, -0.2) is 37.2 Å². The van der Waals surface area contributed by atoms with Gasteiger partial charge in [-0.25, -0.2) is 9.59 Å². The first-order valence-electron chi connectivity index (χ1n) is 9.92. The molecular weight excluding hydrogens is 396 g/mol. The molecule has 0 spiro atoms. The Labute approximate surface area is 182 Å². The summed E-state index contributed by atoms with van der Waals surface area (Å²) in [5.74, 6) is -1.10. The average Bonchev–Trinajstić information content (AvgIpc) is 2.77. The molecule has 0 aromatic heterocycles. The summed E-state index contributed by atoms with van der Waals surface area (Å²) in [4.78, 5) is 37.4. The predicted octanol–water partition coefficient (Wildman–Crippen LogP) is 3.15. The molecule has 31 heavy (non-hydrogen) atoms. The van der Waals surface area contributed by atoms with Crippen LogP contribution in [0.4, 0.5) is 4.79 Å². The molecule has 7 nitrogen and oxygen atoms in total. The molecule has 0 fully saturated rings. The van der Waals surface area contributed by atoms with Gasteiger partial charge in [0.1, 0.15) is 18.7 Å². The summed E-state index contributed by atoms with van der Waals surface area (Å²) < 4.78 is 10.0. The Morgan fingerprint density at radius 2 is 1.48 bits per heavy atom. The van der Waals surface area contributed by atoms with E-state index in [1.54, 1.807) is 6.92 Å². The fraction of sp³-hybridized carbons (Fsp3) is 0.292. The standard InChI is InChI=1S/C24H28N2O5/c1-17(2)14-21(23(28)30-3)25-22(27)20(15-18-10-6-4-7-11-18)26-24(29)31-16-19-12-8-5-9-13-19/h4-13,20-21H,1,14-16H2,2-3H3,(H,25,27)(H,26,29)/t20-,21-/m1/s1. The van der Waals surface area contributed by atoms with Crippen molar-refractivity contribution in [1.29, 1.82) is 0 Å². The van der Waals surface area contributed by atoms with Crippen LogP contribution in [0.15, 0.2) is 72.8 Å². The lowest BCUT2D eigenvalue weighted by atomic mass is 10.0. The number of benzene rings is 2. The normalized spacial score (nSPS) is 12.2. The van der Waals surface area contributed by atoms with Gasteiger partial charge in [0.05, 0.1) is 7.11 Å². The molecule has 0 radical (unpaired) electrons. The quantitative estimate of drug-likeness (QED) is 0.451. The molecule has 2 rings (SSSR count). The molecule has 0 saturated carbocycles. The highest BCUT2D eigenvalue weighted by Gasteiger charge is 2.28. The fourth-order valence-electron chi connectivity index (χ4n) is 2.92. The summed E-state index contributed by atoms with van der Waals surface area (Å²) in [5, 5.41) is 5.26. The second-order valence-corrected chi connectivity index (χ2v) is 7.19. The highest BCUT2D eigenvalue weighted by molar-refractivity contribution is 5.90. The number of nitrogens with one attached hydrogen (secondary N) is 2. The zero-order chi connectivity index (χ0) is 22.6. The zero-order valence-corrected chi connectivity index (χ0v) is 17.8. The van der Waals surface area contributed by atoms with E-state index in [0.717, 1.165) is 11.1 Å². The minimum atomic E-state index is -0.942. The van der Waals surface area contributed by atoms with Crippen molar-refractivity contribution in [3.05, 3.63) is 83.9 Å². The van der Waals surface area contributed by atoms with Gasteiger partial charge in [-0.3, -0.25) is 4.79 Å². The number of carbonyl (C=O) groups excluding carboxylic acids is 3. The van der Waals surface area contributed by atoms with Gasteiger partial charge >= 0.3 is 12.1 Å². The zero-order valence-electron chi connectivity index (χ0n) is 17.8. The van der Waals surface area contributed by atoms with Crippen LogP contribution in [0.1, 0.15) is 24.5 Å². The summed E-state index contributed by atoms with van der Waals surface area (Å²) in [6.45, 7) is 5.61. The molecule has 164 valence electrons. The molecule has 2 N–H and O–H groups in total. The minimum Gasteiger partial charge on any atom is -0.467 e. The van der Waals surface area contributed by atoms with Crippen LogP contribution in [0, 0.1) is 0 Å². The van der Waals surface area contributed by atoms with Gasteiger partial charge in [-0.2, -0.15) is 0 Å². The SMILES string of the molecule is C=C(C)C[C@@H](NC(=O)[C@@H](Cc1ccccc1)NC(=O)OCc1ccccc1)C(=O)OC. The van der Waals surface area contributed by atoms with Gasteiger partial charge in [0.2, 0.25) is 5.91 Å². The van der Waals surface area contributed by atoms with E-state index in [1.807, 2.05) is 60.7 Å². The Morgan fingerprint density at radius 1 is 0.903 bits per heavy atom. The van der Waals surface area contributed by atoms with Crippen LogP contribution in [-0.2, 0) is 32.1 Å². The Hall–Kier alpha value is -3.61. The summed E-state index contributed by atoms with van der Waals surface area (Å²) >= 11 is 0. The van der Waals surface area contributed by atoms with Crippen molar-refractivity contribution in [2.24, 2.45) is 0 Å². The van der Waals surface area contributed by atoms with E-state index in [0.29, 0.717) is 5.57 Å². The van der Waals surface area contributed by atoms with Gasteiger partial charge < -0.3 is 20.1 Å². The molecule has 0 heterocycles. The molecule has 2 aromatic rings. The second-order valence-electron chi connectivity index (χ2n) is 7.19. The highest BCUT2D eigenvalue weighted by atomic mass is 16.5. The fourth-order valence-corrected chi connectivity index (χ4v) is 2.92. The topological polar surface area (TPSA) is 93.7 Å². The van der Waals surface area contributed by atoms with Crippen LogP contribution >= 0.6 is 0 Å². The Balaban J connectivity index is 2.08. The first-order chi connectivity index (χ1) is 14.9. The van der Waals surface area contributed by atoms with Crippen LogP contribution < -0.4 is 10.6 Å². The molecular formula is C24H28N2O5. The molecule has 0 aliphatic carbocycles. The molecule has 0 aliphatic heterocycles. The number of hydrogen-bond acceptors (Lipinski definition) is 5. The van der Waals surface area contributed by atoms with E-state index in [1.165, 1.54) is 7.11 Å². The lowest BCUT2D eigenvalue weighted by Gasteiger charge is -2.22. The third kappa shape index (κ3) is 8.34. The van der Waals surface area contributed by atoms with Crippen LogP contribution in [0.3, 0.4) is 0 Å². The number of hydrogen-bond donors (Lipinski definition) is 2. The largest absolute Gasteiger partial charge is 0.467 e. The van der Waals surface area contributed by atoms with Gasteiger partial charge in [0.15, 0.2) is 0 Å². The van der Waals surface area contributed by atoms with E-state index < -0.39 is 30.1 Å². The number of ether oxygens (including phenoxy) is 2. The second kappa shape index (κ2) is 12.2. The highest BCUT2D eigenvalue weighted by Crippen LogP contribution is 2.08. The van der Waals surface area contributed by atoms with E-state index in [2.05, 4.69) is 17.2 Å². The number of alkyl carbamates (subject to hydrolysis) is 1. The number of carbonyl (C=O) groups is 3. The van der Waals surface area contributed by atoms with Crippen molar-refractivity contribution >= 4 is 18.0 Å². The van der Waals surface area contributed by atoms with Crippen molar-refractivity contribution in [3.63, 3.8) is 0 Å². The molecule has 2 amide bonds. The summed E-state index contributed by atoms with van der Waals surface area (Å²) in [6.07, 6.45) is -0.266. The van der Waals surface area contributed by atoms with E-state index in [-0.39, 0.29) is 19.4 Å². The lowest BCUT2D eigenvalue weighted by Crippen LogP contribution is -2.52. The Morgan fingerprint density at radius 3 is 2.03 bits per heavy atom. The van der Waals surface area contributed by atoms with Gasteiger partial charge in [0, 0.05) is 6.42 Å². The predicted molar refractivity (Wildman–Crippen MR) is 117 cm³/mol. The number of amides is 2. The summed E-state index contributed by atoms with van der Waals surface area (Å²) in [6, 6.07) is 16.6. The number of rotatable bonds is 10. The van der Waals surface area contributed by atoms with E-state index in [4.69, 9.17) is 9.47 Å². The molecule has 0 unspecified atom stereocenters.